The van der Waals surface area contributed by atoms with Gasteiger partial charge in [0.1, 0.15) is 4.83 Å². The van der Waals surface area contributed by atoms with Gasteiger partial charge in [-0.3, -0.25) is 4.79 Å². The summed E-state index contributed by atoms with van der Waals surface area (Å²) in [7, 11) is 0. The first kappa shape index (κ1) is 14.7. The molecule has 6 heteroatoms. The SMILES string of the molecule is C[C@H]1CCc2c(sc3nc(SC[C@H]4CCCO4)[nH]c(=O)c23)C1. The van der Waals surface area contributed by atoms with Crippen LogP contribution in [0.1, 0.15) is 36.6 Å². The van der Waals surface area contributed by atoms with Crippen LogP contribution in [0.2, 0.25) is 0 Å². The minimum absolute atomic E-state index is 0.0342. The van der Waals surface area contributed by atoms with E-state index in [9.17, 15) is 4.79 Å². The van der Waals surface area contributed by atoms with E-state index in [0.29, 0.717) is 12.0 Å². The summed E-state index contributed by atoms with van der Waals surface area (Å²) in [6.07, 6.45) is 5.85. The van der Waals surface area contributed by atoms with Crippen LogP contribution in [0.3, 0.4) is 0 Å². The molecule has 1 N–H and O–H groups in total. The Balaban J connectivity index is 1.63. The van der Waals surface area contributed by atoms with Crippen molar-refractivity contribution >= 4 is 33.3 Å². The number of nitrogens with one attached hydrogen (secondary N) is 1. The molecule has 3 heterocycles. The molecular weight excluding hydrogens is 316 g/mol. The van der Waals surface area contributed by atoms with E-state index in [1.54, 1.807) is 23.1 Å². The zero-order valence-corrected chi connectivity index (χ0v) is 14.3. The molecule has 0 radical (unpaired) electrons. The third kappa shape index (κ3) is 2.72. The summed E-state index contributed by atoms with van der Waals surface area (Å²) in [5.41, 5.74) is 1.29. The molecule has 0 unspecified atom stereocenters. The van der Waals surface area contributed by atoms with E-state index in [-0.39, 0.29) is 5.56 Å². The second-order valence-electron chi connectivity index (χ2n) is 6.35. The molecular formula is C16H20N2O2S2. The van der Waals surface area contributed by atoms with Gasteiger partial charge in [0.2, 0.25) is 0 Å². The maximum atomic E-state index is 12.5. The summed E-state index contributed by atoms with van der Waals surface area (Å²) < 4.78 is 5.63. The lowest BCUT2D eigenvalue weighted by atomic mass is 9.89. The lowest BCUT2D eigenvalue weighted by molar-refractivity contribution is 0.129. The maximum Gasteiger partial charge on any atom is 0.260 e. The Morgan fingerprint density at radius 1 is 1.45 bits per heavy atom. The van der Waals surface area contributed by atoms with Crippen LogP contribution in [-0.4, -0.2) is 28.4 Å². The number of aryl methyl sites for hydroxylation is 1. The quantitative estimate of drug-likeness (QED) is 0.689. The molecule has 22 heavy (non-hydrogen) atoms. The topological polar surface area (TPSA) is 55.0 Å². The minimum atomic E-state index is 0.0342. The van der Waals surface area contributed by atoms with Gasteiger partial charge < -0.3 is 9.72 Å². The maximum absolute atomic E-state index is 12.5. The van der Waals surface area contributed by atoms with Crippen molar-refractivity contribution in [1.29, 1.82) is 0 Å². The van der Waals surface area contributed by atoms with Crippen molar-refractivity contribution in [3.63, 3.8) is 0 Å². The zero-order valence-electron chi connectivity index (χ0n) is 12.7. The van der Waals surface area contributed by atoms with E-state index in [2.05, 4.69) is 11.9 Å². The molecule has 1 fully saturated rings. The van der Waals surface area contributed by atoms with Crippen molar-refractivity contribution in [2.45, 2.75) is 50.3 Å². The van der Waals surface area contributed by atoms with Crippen LogP contribution < -0.4 is 5.56 Å². The van der Waals surface area contributed by atoms with E-state index in [0.717, 1.165) is 53.4 Å². The van der Waals surface area contributed by atoms with Gasteiger partial charge in [0.05, 0.1) is 11.5 Å². The molecule has 2 atom stereocenters. The fourth-order valence-corrected chi connectivity index (χ4v) is 5.71. The Labute approximate surface area is 137 Å². The van der Waals surface area contributed by atoms with Gasteiger partial charge in [-0.1, -0.05) is 18.7 Å². The molecule has 1 saturated heterocycles. The van der Waals surface area contributed by atoms with Gasteiger partial charge in [-0.15, -0.1) is 11.3 Å². The number of aromatic nitrogens is 2. The first-order valence-corrected chi connectivity index (χ1v) is 9.80. The Hall–Kier alpha value is -0.850. The molecule has 1 aliphatic carbocycles. The minimum Gasteiger partial charge on any atom is -0.377 e. The van der Waals surface area contributed by atoms with Crippen molar-refractivity contribution < 1.29 is 4.74 Å². The second kappa shape index (κ2) is 5.98. The van der Waals surface area contributed by atoms with E-state index in [1.165, 1.54) is 16.9 Å². The highest BCUT2D eigenvalue weighted by Gasteiger charge is 2.23. The molecule has 2 aromatic rings. The summed E-state index contributed by atoms with van der Waals surface area (Å²) >= 11 is 3.32. The molecule has 4 nitrogen and oxygen atoms in total. The van der Waals surface area contributed by atoms with Crippen LogP contribution >= 0.6 is 23.1 Å². The lowest BCUT2D eigenvalue weighted by Gasteiger charge is -2.17. The summed E-state index contributed by atoms with van der Waals surface area (Å²) in [6, 6.07) is 0. The summed E-state index contributed by atoms with van der Waals surface area (Å²) in [4.78, 5) is 22.4. The van der Waals surface area contributed by atoms with Crippen LogP contribution in [0.4, 0.5) is 0 Å². The molecule has 118 valence electrons. The lowest BCUT2D eigenvalue weighted by Crippen LogP contribution is -2.14. The summed E-state index contributed by atoms with van der Waals surface area (Å²) in [5.74, 6) is 1.59. The third-order valence-electron chi connectivity index (χ3n) is 4.57. The molecule has 0 amide bonds. The van der Waals surface area contributed by atoms with Crippen LogP contribution in [0.15, 0.2) is 9.95 Å². The average Bonchev–Trinajstić information content (AvgIpc) is 3.11. The van der Waals surface area contributed by atoms with Crippen LogP contribution in [-0.2, 0) is 17.6 Å². The van der Waals surface area contributed by atoms with Gasteiger partial charge in [-0.25, -0.2) is 4.98 Å². The molecule has 0 aromatic carbocycles. The highest BCUT2D eigenvalue weighted by molar-refractivity contribution is 7.99. The van der Waals surface area contributed by atoms with Crippen molar-refractivity contribution in [3.05, 3.63) is 20.8 Å². The van der Waals surface area contributed by atoms with Gasteiger partial charge in [0, 0.05) is 17.2 Å². The molecule has 0 bridgehead atoms. The number of ether oxygens (including phenoxy) is 1. The van der Waals surface area contributed by atoms with Gasteiger partial charge in [-0.2, -0.15) is 0 Å². The predicted octanol–water partition coefficient (Wildman–Crippen LogP) is 3.38. The van der Waals surface area contributed by atoms with Gasteiger partial charge >= 0.3 is 0 Å². The van der Waals surface area contributed by atoms with Crippen LogP contribution in [0.5, 0.6) is 0 Å². The molecule has 0 saturated carbocycles. The monoisotopic (exact) mass is 336 g/mol. The van der Waals surface area contributed by atoms with Crippen molar-refractivity contribution in [2.24, 2.45) is 5.92 Å². The number of hydrogen-bond acceptors (Lipinski definition) is 5. The van der Waals surface area contributed by atoms with Crippen molar-refractivity contribution in [3.8, 4) is 0 Å². The number of rotatable bonds is 3. The number of aromatic amines is 1. The Morgan fingerprint density at radius 2 is 2.36 bits per heavy atom. The first-order valence-electron chi connectivity index (χ1n) is 7.99. The molecule has 2 aromatic heterocycles. The van der Waals surface area contributed by atoms with E-state index in [4.69, 9.17) is 9.72 Å². The highest BCUT2D eigenvalue weighted by atomic mass is 32.2. The summed E-state index contributed by atoms with van der Waals surface area (Å²) in [5, 5.41) is 1.58. The van der Waals surface area contributed by atoms with E-state index in [1.807, 2.05) is 0 Å². The molecule has 1 aliphatic heterocycles. The Morgan fingerprint density at radius 3 is 3.18 bits per heavy atom. The molecule has 0 spiro atoms. The van der Waals surface area contributed by atoms with Gasteiger partial charge in [-0.05, 0) is 43.6 Å². The average molecular weight is 336 g/mol. The second-order valence-corrected chi connectivity index (χ2v) is 8.44. The zero-order chi connectivity index (χ0) is 15.1. The van der Waals surface area contributed by atoms with Crippen LogP contribution in [0.25, 0.3) is 10.2 Å². The third-order valence-corrected chi connectivity index (χ3v) is 6.73. The number of nitrogens with zero attached hydrogens (tertiary/aromatic N) is 1. The number of hydrogen-bond donors (Lipinski definition) is 1. The van der Waals surface area contributed by atoms with Gasteiger partial charge in [0.25, 0.3) is 5.56 Å². The molecule has 2 aliphatic rings. The van der Waals surface area contributed by atoms with Crippen molar-refractivity contribution in [2.75, 3.05) is 12.4 Å². The highest BCUT2D eigenvalue weighted by Crippen LogP contribution is 2.36. The number of fused-ring (bicyclic) bond motifs is 3. The van der Waals surface area contributed by atoms with E-state index < -0.39 is 0 Å². The number of thiophene rings is 1. The number of thioether (sulfide) groups is 1. The first-order chi connectivity index (χ1) is 10.7. The fraction of sp³-hybridized carbons (Fsp3) is 0.625. The summed E-state index contributed by atoms with van der Waals surface area (Å²) in [6.45, 7) is 3.15. The van der Waals surface area contributed by atoms with Crippen molar-refractivity contribution in [1.82, 2.24) is 9.97 Å². The normalized spacial score (nSPS) is 24.8. The molecule has 4 rings (SSSR count). The largest absolute Gasteiger partial charge is 0.377 e. The smallest absolute Gasteiger partial charge is 0.260 e. The fourth-order valence-electron chi connectivity index (χ4n) is 3.35. The number of H-pyrrole nitrogens is 1. The Bertz CT molecular complexity index is 746. The van der Waals surface area contributed by atoms with Crippen LogP contribution in [0, 0.1) is 5.92 Å². The predicted molar refractivity (Wildman–Crippen MR) is 91.1 cm³/mol. The standard InChI is InChI=1S/C16H20N2O2S2/c1-9-4-5-11-12(7-9)22-15-13(11)14(19)17-16(18-15)21-8-10-3-2-6-20-10/h9-10H,2-8H2,1H3,(H,17,18,19)/t9-,10+/m0/s1. The van der Waals surface area contributed by atoms with Gasteiger partial charge in [0.15, 0.2) is 5.16 Å². The Kier molecular flexibility index (Phi) is 4.00. The van der Waals surface area contributed by atoms with E-state index >= 15 is 0 Å².